The van der Waals surface area contributed by atoms with E-state index in [2.05, 4.69) is 9.30 Å². The molecule has 3 fully saturated rings. The minimum Gasteiger partial charge on any atom is -0.393 e. The topological polar surface area (TPSA) is 350 Å². The molecule has 13 atom stereocenters. The van der Waals surface area contributed by atoms with Gasteiger partial charge in [0.1, 0.15) is 60.6 Å². The van der Waals surface area contributed by atoms with Gasteiger partial charge in [0.05, 0.1) is 19.3 Å². The van der Waals surface area contributed by atoms with Crippen LogP contribution in [0.1, 0.15) is 31.6 Å². The van der Waals surface area contributed by atoms with Gasteiger partial charge in [0.2, 0.25) is 0 Å². The molecular formula is C23H37N3O19P2. The number of aromatic amines is 1. The van der Waals surface area contributed by atoms with Crippen molar-refractivity contribution in [3.8, 4) is 0 Å². The first-order valence-corrected chi connectivity index (χ1v) is 17.0. The first kappa shape index (κ1) is 38.0. The van der Waals surface area contributed by atoms with Gasteiger partial charge in [0.15, 0.2) is 6.29 Å². The molecule has 0 aromatic carbocycles. The molecule has 1 aromatic rings. The number of nitrogens with one attached hydrogen (secondary N) is 1. The summed E-state index contributed by atoms with van der Waals surface area (Å²) < 4.78 is 50.1. The van der Waals surface area contributed by atoms with Crippen LogP contribution in [0.4, 0.5) is 0 Å². The second kappa shape index (κ2) is 14.2. The van der Waals surface area contributed by atoms with Gasteiger partial charge in [-0.25, -0.2) is 13.9 Å². The summed E-state index contributed by atoms with van der Waals surface area (Å²) in [6, 6.07) is -1.33. The summed E-state index contributed by atoms with van der Waals surface area (Å²) in [5, 5.41) is 72.2. The number of phosphoric ester groups is 1. The van der Waals surface area contributed by atoms with Crippen molar-refractivity contribution in [3.63, 3.8) is 0 Å². The molecule has 47 heavy (non-hydrogen) atoms. The van der Waals surface area contributed by atoms with Crippen molar-refractivity contribution in [1.29, 1.82) is 0 Å². The molecule has 0 amide bonds. The number of hydrogen-bond donors (Lipinski definition) is 11. The normalized spacial score (nSPS) is 40.4. The Morgan fingerprint density at radius 2 is 1.74 bits per heavy atom. The van der Waals surface area contributed by atoms with E-state index in [1.165, 1.54) is 13.8 Å². The molecular weight excluding hydrogens is 684 g/mol. The maximum Gasteiger partial charge on any atom is 0.481 e. The van der Waals surface area contributed by atoms with Crippen LogP contribution in [0, 0.1) is 6.92 Å². The lowest BCUT2D eigenvalue weighted by molar-refractivity contribution is -0.276. The average Bonchev–Trinajstić information content (AvgIpc) is 3.35. The molecule has 268 valence electrons. The van der Waals surface area contributed by atoms with Gasteiger partial charge in [-0.1, -0.05) is 0 Å². The number of aryl methyl sites for hydroxylation is 1. The van der Waals surface area contributed by atoms with E-state index in [0.29, 0.717) is 0 Å². The molecule has 11 N–H and O–H groups in total. The van der Waals surface area contributed by atoms with Crippen LogP contribution in [-0.2, 0) is 32.2 Å². The van der Waals surface area contributed by atoms with Crippen LogP contribution in [0.2, 0.25) is 0 Å². The molecule has 0 radical (unpaired) electrons. The predicted octanol–water partition coefficient (Wildman–Crippen LogP) is -4.77. The third-order valence-corrected chi connectivity index (χ3v) is 10.2. The molecule has 1 saturated carbocycles. The Balaban J connectivity index is 1.51. The van der Waals surface area contributed by atoms with Gasteiger partial charge in [0, 0.05) is 30.3 Å². The number of aliphatic hydroxyl groups is 7. The van der Waals surface area contributed by atoms with E-state index in [1.807, 2.05) is 4.98 Å². The number of aliphatic hydroxyl groups excluding tert-OH is 6. The van der Waals surface area contributed by atoms with Gasteiger partial charge < -0.3 is 64.6 Å². The second-order valence-corrected chi connectivity index (χ2v) is 14.3. The SMILES string of the molecule is Cc1cn([C@H]2C[C@H](OP(=O)(O)OP(=O)(O)O)[C@@H](CO[C@H]3O[C@H](C)[C@@H](N=C4C[C@@](O)(CO)[C@@H](O)[C@H](O)[C@H]4O)[C@H](O)[C@H]3O)O2)c(=O)[nH]c1=O. The van der Waals surface area contributed by atoms with E-state index in [-0.39, 0.29) is 11.3 Å². The first-order chi connectivity index (χ1) is 21.7. The molecule has 0 bridgehead atoms. The Hall–Kier alpha value is -1.79. The largest absolute Gasteiger partial charge is 0.481 e. The summed E-state index contributed by atoms with van der Waals surface area (Å²) in [7, 11) is -11.0. The van der Waals surface area contributed by atoms with Crippen LogP contribution in [-0.4, -0.2) is 146 Å². The number of hydrogen-bond acceptors (Lipinski definition) is 17. The quantitative estimate of drug-likeness (QED) is 0.101. The maximum absolute atomic E-state index is 12.4. The van der Waals surface area contributed by atoms with Crippen molar-refractivity contribution < 1.29 is 82.6 Å². The van der Waals surface area contributed by atoms with Gasteiger partial charge in [-0.15, -0.1) is 0 Å². The van der Waals surface area contributed by atoms with E-state index in [1.54, 1.807) is 0 Å². The van der Waals surface area contributed by atoms with Crippen molar-refractivity contribution in [2.24, 2.45) is 4.99 Å². The zero-order chi connectivity index (χ0) is 35.2. The summed E-state index contributed by atoms with van der Waals surface area (Å²) in [4.78, 5) is 58.3. The number of phosphoric acid groups is 2. The van der Waals surface area contributed by atoms with Crippen LogP contribution in [0.15, 0.2) is 20.8 Å². The van der Waals surface area contributed by atoms with Crippen LogP contribution < -0.4 is 11.2 Å². The highest BCUT2D eigenvalue weighted by Crippen LogP contribution is 2.59. The van der Waals surface area contributed by atoms with Crippen molar-refractivity contribution >= 4 is 21.4 Å². The Kier molecular flexibility index (Phi) is 11.5. The molecule has 0 spiro atoms. The molecule has 22 nitrogen and oxygen atoms in total. The molecule has 1 unspecified atom stereocenters. The highest BCUT2D eigenvalue weighted by atomic mass is 31.3. The molecule has 1 aliphatic carbocycles. The molecule has 24 heteroatoms. The van der Waals surface area contributed by atoms with E-state index in [9.17, 15) is 59.4 Å². The summed E-state index contributed by atoms with van der Waals surface area (Å²) in [6.07, 6.45) is -16.2. The highest BCUT2D eigenvalue weighted by Gasteiger charge is 2.52. The predicted molar refractivity (Wildman–Crippen MR) is 151 cm³/mol. The van der Waals surface area contributed by atoms with E-state index < -0.39 is 126 Å². The third-order valence-electron chi connectivity index (χ3n) is 7.96. The monoisotopic (exact) mass is 721 g/mol. The van der Waals surface area contributed by atoms with Crippen LogP contribution in [0.5, 0.6) is 0 Å². The zero-order valence-electron chi connectivity index (χ0n) is 24.7. The second-order valence-electron chi connectivity index (χ2n) is 11.5. The standard InChI is InChI=1S/C23H37N3O19P2/c1-8-5-26(22(34)25-20(8)33)13-3-11(44-47(39,40)45-46(36,37)38)12(43-13)6-41-21-18(31)16(29)14(9(2)42-21)24-10-4-23(35,7-27)19(32)17(30)15(10)28/h5,9,11-19,21,27-32,35H,3-4,6-7H2,1-2H3,(H,39,40)(H,25,33,34)(H2,36,37,38)/t9-,11+,12-,13-,14-,15+,16+,17-,18-,19+,21+,23-/m1/s1. The lowest BCUT2D eigenvalue weighted by Gasteiger charge is -2.43. The van der Waals surface area contributed by atoms with Gasteiger partial charge in [0.25, 0.3) is 5.56 Å². The average molecular weight is 721 g/mol. The van der Waals surface area contributed by atoms with Gasteiger partial charge in [-0.05, 0) is 13.8 Å². The maximum atomic E-state index is 12.4. The van der Waals surface area contributed by atoms with Crippen molar-refractivity contribution in [2.75, 3.05) is 13.2 Å². The molecule has 2 aliphatic heterocycles. The summed E-state index contributed by atoms with van der Waals surface area (Å²) in [5.74, 6) is 0. The molecule has 2 saturated heterocycles. The lowest BCUT2D eigenvalue weighted by atomic mass is 9.78. The number of aliphatic imine (C=N–C) groups is 1. The number of ether oxygens (including phenoxy) is 3. The molecule has 3 heterocycles. The van der Waals surface area contributed by atoms with E-state index >= 15 is 0 Å². The zero-order valence-corrected chi connectivity index (χ0v) is 26.5. The van der Waals surface area contributed by atoms with E-state index in [0.717, 1.165) is 10.8 Å². The fourth-order valence-electron chi connectivity index (χ4n) is 5.45. The third kappa shape index (κ3) is 8.51. The molecule has 4 rings (SSSR count). The number of rotatable bonds is 10. The fraction of sp³-hybridized carbons (Fsp3) is 0.783. The lowest BCUT2D eigenvalue weighted by Crippen LogP contribution is -2.63. The van der Waals surface area contributed by atoms with Crippen molar-refractivity contribution in [3.05, 3.63) is 32.6 Å². The Labute approximate surface area is 264 Å². The minimum atomic E-state index is -5.52. The first-order valence-electron chi connectivity index (χ1n) is 14.0. The van der Waals surface area contributed by atoms with E-state index in [4.69, 9.17) is 28.5 Å². The minimum absolute atomic E-state index is 0.0929. The molecule has 1 aromatic heterocycles. The summed E-state index contributed by atoms with van der Waals surface area (Å²) >= 11 is 0. The number of aromatic nitrogens is 2. The Morgan fingerprint density at radius 1 is 1.09 bits per heavy atom. The molecule has 3 aliphatic rings. The Morgan fingerprint density at radius 3 is 2.36 bits per heavy atom. The van der Waals surface area contributed by atoms with Gasteiger partial charge >= 0.3 is 21.3 Å². The number of nitrogens with zero attached hydrogens (tertiary/aromatic N) is 2. The van der Waals surface area contributed by atoms with Crippen LogP contribution >= 0.6 is 15.6 Å². The highest BCUT2D eigenvalue weighted by molar-refractivity contribution is 7.60. The van der Waals surface area contributed by atoms with Crippen molar-refractivity contribution in [1.82, 2.24) is 9.55 Å². The van der Waals surface area contributed by atoms with Crippen LogP contribution in [0.25, 0.3) is 0 Å². The Bertz CT molecular complexity index is 1530. The summed E-state index contributed by atoms with van der Waals surface area (Å²) in [5.41, 5.74) is -4.11. The number of H-pyrrole nitrogens is 1. The van der Waals surface area contributed by atoms with Crippen molar-refractivity contribution in [2.45, 2.75) is 99.7 Å². The van der Waals surface area contributed by atoms with Gasteiger partial charge in [-0.3, -0.25) is 23.9 Å². The smallest absolute Gasteiger partial charge is 0.393 e. The van der Waals surface area contributed by atoms with Gasteiger partial charge in [-0.2, -0.15) is 4.31 Å². The summed E-state index contributed by atoms with van der Waals surface area (Å²) in [6.45, 7) is 1.12. The van der Waals surface area contributed by atoms with Crippen LogP contribution in [0.3, 0.4) is 0 Å². The fourth-order valence-corrected chi connectivity index (χ4v) is 7.25.